The van der Waals surface area contributed by atoms with Crippen molar-refractivity contribution in [3.8, 4) is 0 Å². The van der Waals surface area contributed by atoms with Crippen molar-refractivity contribution in [3.05, 3.63) is 113 Å². The molecule has 2 aromatic rings. The zero-order valence-corrected chi connectivity index (χ0v) is 17.1. The fraction of sp³-hybridized carbons (Fsp3) is 0. The molecule has 1 N–H and O–H groups in total. The molecule has 0 fully saturated rings. The Labute approximate surface area is 188 Å². The minimum atomic E-state index is -0.670. The number of rotatable bonds is 0. The van der Waals surface area contributed by atoms with Gasteiger partial charge in [0.15, 0.2) is 23.1 Å². The van der Waals surface area contributed by atoms with Crippen LogP contribution < -0.4 is 0 Å². The van der Waals surface area contributed by atoms with Crippen LogP contribution in [0.25, 0.3) is 5.76 Å². The zero-order chi connectivity index (χ0) is 24.0. The lowest BCUT2D eigenvalue weighted by Crippen LogP contribution is -2.18. The number of carbonyl (C=O) groups is 6. The van der Waals surface area contributed by atoms with Crippen LogP contribution in [0, 0.1) is 0 Å². The summed E-state index contributed by atoms with van der Waals surface area (Å²) < 4.78 is 0. The summed E-state index contributed by atoms with van der Waals surface area (Å²) in [5, 5.41) is 9.34. The summed E-state index contributed by atoms with van der Waals surface area (Å²) in [6, 6.07) is 13.3. The van der Waals surface area contributed by atoms with Crippen LogP contribution in [0.4, 0.5) is 0 Å². The molecule has 0 spiro atoms. The van der Waals surface area contributed by atoms with E-state index < -0.39 is 11.6 Å². The normalized spacial score (nSPS) is 15.6. The summed E-state index contributed by atoms with van der Waals surface area (Å²) in [4.78, 5) is 65.2. The molecule has 0 atom stereocenters. The molecule has 2 aromatic carbocycles. The number of Topliss-reactive ketones (excluding diaryl/α,β-unsaturated/α-hetero) is 1. The molecular weight excluding hydrogens is 424 g/mol. The summed E-state index contributed by atoms with van der Waals surface area (Å²) in [6.07, 6.45) is 8.58. The fourth-order valence-electron chi connectivity index (χ4n) is 2.99. The molecule has 0 saturated carbocycles. The van der Waals surface area contributed by atoms with Gasteiger partial charge in [0.05, 0.1) is 0 Å². The molecule has 162 valence electrons. The van der Waals surface area contributed by atoms with Gasteiger partial charge < -0.3 is 5.11 Å². The number of fused-ring (bicyclic) bond motifs is 2. The largest absolute Gasteiger partial charge is 0.507 e. The number of carbonyl (C=O) groups excluding carboxylic acids is 6. The maximum atomic E-state index is 11.3. The van der Waals surface area contributed by atoms with E-state index in [0.717, 1.165) is 6.08 Å². The lowest BCUT2D eigenvalue weighted by Gasteiger charge is -2.10. The van der Waals surface area contributed by atoms with Crippen LogP contribution in [0.1, 0.15) is 36.6 Å². The van der Waals surface area contributed by atoms with Crippen molar-refractivity contribution < 1.29 is 33.9 Å². The smallest absolute Gasteiger partial charge is 0.233 e. The highest BCUT2D eigenvalue weighted by atomic mass is 16.3. The molecule has 0 unspecified atom stereocenters. The van der Waals surface area contributed by atoms with Crippen molar-refractivity contribution in [2.24, 2.45) is 0 Å². The third-order valence-electron chi connectivity index (χ3n) is 4.61. The Bertz CT molecular complexity index is 1240. The van der Waals surface area contributed by atoms with E-state index in [2.05, 4.69) is 0 Å². The molecule has 0 bridgehead atoms. The Hall–Kier alpha value is -4.78. The van der Waals surface area contributed by atoms with Gasteiger partial charge in [-0.1, -0.05) is 48.5 Å². The first-order chi connectivity index (χ1) is 15.8. The highest BCUT2D eigenvalue weighted by Gasteiger charge is 2.24. The summed E-state index contributed by atoms with van der Waals surface area (Å²) in [7, 11) is 0. The van der Waals surface area contributed by atoms with E-state index in [1.807, 2.05) is 0 Å². The zero-order valence-electron chi connectivity index (χ0n) is 17.1. The lowest BCUT2D eigenvalue weighted by atomic mass is 9.94. The van der Waals surface area contributed by atoms with Crippen LogP contribution >= 0.6 is 0 Å². The second-order valence-corrected chi connectivity index (χ2v) is 6.85. The first-order valence-electron chi connectivity index (χ1n) is 9.66. The number of benzene rings is 2. The molecule has 0 radical (unpaired) electrons. The summed E-state index contributed by atoms with van der Waals surface area (Å²) in [6.45, 7) is 0. The van der Waals surface area contributed by atoms with E-state index in [1.165, 1.54) is 42.5 Å². The average Bonchev–Trinajstić information content (AvgIpc) is 2.83. The van der Waals surface area contributed by atoms with Crippen LogP contribution in [-0.4, -0.2) is 39.8 Å². The van der Waals surface area contributed by atoms with Crippen molar-refractivity contribution in [2.75, 3.05) is 0 Å². The molecule has 3 aliphatic rings. The van der Waals surface area contributed by atoms with Crippen LogP contribution in [0.2, 0.25) is 0 Å². The van der Waals surface area contributed by atoms with E-state index in [0.29, 0.717) is 16.7 Å². The highest BCUT2D eigenvalue weighted by molar-refractivity contribution is 6.50. The number of aliphatic hydroxyl groups is 1. The van der Waals surface area contributed by atoms with E-state index in [-0.39, 0.29) is 34.5 Å². The molecule has 0 aliphatic heterocycles. The van der Waals surface area contributed by atoms with Gasteiger partial charge in [-0.25, -0.2) is 0 Å². The maximum absolute atomic E-state index is 11.3. The van der Waals surface area contributed by atoms with E-state index >= 15 is 0 Å². The Morgan fingerprint density at radius 2 is 0.848 bits per heavy atom. The average molecular weight is 440 g/mol. The van der Waals surface area contributed by atoms with E-state index in [4.69, 9.17) is 0 Å². The maximum Gasteiger partial charge on any atom is 0.233 e. The van der Waals surface area contributed by atoms with Gasteiger partial charge in [0.2, 0.25) is 11.6 Å². The topological polar surface area (TPSA) is 123 Å². The first kappa shape index (κ1) is 22.9. The predicted molar refractivity (Wildman–Crippen MR) is 119 cm³/mol. The highest BCUT2D eigenvalue weighted by Crippen LogP contribution is 2.22. The Kier molecular flexibility index (Phi) is 6.95. The summed E-state index contributed by atoms with van der Waals surface area (Å²) >= 11 is 0. The second kappa shape index (κ2) is 10.0. The molecule has 0 amide bonds. The van der Waals surface area contributed by atoms with Crippen molar-refractivity contribution in [2.45, 2.75) is 0 Å². The van der Waals surface area contributed by atoms with Crippen LogP contribution in [0.3, 0.4) is 0 Å². The van der Waals surface area contributed by atoms with Gasteiger partial charge in [-0.3, -0.25) is 28.8 Å². The Morgan fingerprint density at radius 1 is 0.455 bits per heavy atom. The molecule has 5 rings (SSSR count). The number of hydrogen-bond donors (Lipinski definition) is 1. The lowest BCUT2D eigenvalue weighted by molar-refractivity contribution is -0.113. The van der Waals surface area contributed by atoms with E-state index in [9.17, 15) is 33.9 Å². The molecule has 7 heteroatoms. The second-order valence-electron chi connectivity index (χ2n) is 6.85. The predicted octanol–water partition coefficient (Wildman–Crippen LogP) is 3.22. The number of allylic oxidation sites excluding steroid dienone is 7. The SMILES string of the molecule is O=C1C=C(O)c2ccccc2C1=O.O=C1C=CC(=O)C=C1.O=C1C=CC(=O)c2ccccc21. The van der Waals surface area contributed by atoms with E-state index in [1.54, 1.807) is 42.5 Å². The summed E-state index contributed by atoms with van der Waals surface area (Å²) in [5.41, 5.74) is 1.70. The molecule has 0 aromatic heterocycles. The van der Waals surface area contributed by atoms with Crippen molar-refractivity contribution in [1.29, 1.82) is 0 Å². The van der Waals surface area contributed by atoms with Gasteiger partial charge in [0, 0.05) is 28.3 Å². The molecule has 7 nitrogen and oxygen atoms in total. The molecule has 3 aliphatic carbocycles. The van der Waals surface area contributed by atoms with Crippen molar-refractivity contribution >= 4 is 40.5 Å². The minimum Gasteiger partial charge on any atom is -0.507 e. The van der Waals surface area contributed by atoms with Crippen molar-refractivity contribution in [3.63, 3.8) is 0 Å². The molecule has 0 saturated heterocycles. The quantitative estimate of drug-likeness (QED) is 0.493. The molecule has 33 heavy (non-hydrogen) atoms. The molecular formula is C26H16O7. The van der Waals surface area contributed by atoms with Crippen LogP contribution in [0.5, 0.6) is 0 Å². The van der Waals surface area contributed by atoms with Gasteiger partial charge in [-0.05, 0) is 36.5 Å². The third-order valence-corrected chi connectivity index (χ3v) is 4.61. The summed E-state index contributed by atoms with van der Waals surface area (Å²) in [5.74, 6) is -1.80. The van der Waals surface area contributed by atoms with Gasteiger partial charge in [-0.2, -0.15) is 0 Å². The first-order valence-corrected chi connectivity index (χ1v) is 9.66. The number of aliphatic hydroxyl groups excluding tert-OH is 1. The monoisotopic (exact) mass is 440 g/mol. The minimum absolute atomic E-state index is 0.0924. The standard InChI is InChI=1S/C10H6O3.C10H6O2.C6H4O2/c11-8-5-9(12)10(13)7-4-2-1-3-6(7)8;11-9-5-6-10(12)8-4-2-1-3-7(8)9;7-5-1-2-6(8)4-3-5/h1-5,11H;1-6H;1-4H. The third kappa shape index (κ3) is 5.48. The van der Waals surface area contributed by atoms with Gasteiger partial charge in [-0.15, -0.1) is 0 Å². The Morgan fingerprint density at radius 3 is 1.30 bits per heavy atom. The molecule has 0 heterocycles. The van der Waals surface area contributed by atoms with Crippen molar-refractivity contribution in [1.82, 2.24) is 0 Å². The van der Waals surface area contributed by atoms with Gasteiger partial charge >= 0.3 is 0 Å². The van der Waals surface area contributed by atoms with Gasteiger partial charge in [0.1, 0.15) is 5.76 Å². The fourth-order valence-corrected chi connectivity index (χ4v) is 2.99. The Balaban J connectivity index is 0.000000143. The number of ketones is 6. The van der Waals surface area contributed by atoms with Crippen LogP contribution in [0.15, 0.2) is 91.1 Å². The van der Waals surface area contributed by atoms with Crippen LogP contribution in [-0.2, 0) is 14.4 Å². The van der Waals surface area contributed by atoms with Gasteiger partial charge in [0.25, 0.3) is 0 Å². The number of hydrogen-bond acceptors (Lipinski definition) is 7.